The fraction of sp³-hybridized carbons (Fsp3) is 0.185. The largest absolute Gasteiger partial charge is 0.512 e. The molecule has 1 radical (unpaired) electrons. The van der Waals surface area contributed by atoms with Gasteiger partial charge in [0.15, 0.2) is 0 Å². The normalized spacial score (nSPS) is 11.1. The number of nitrogens with zero attached hydrogens (tertiary/aromatic N) is 1. The third-order valence-corrected chi connectivity index (χ3v) is 4.84. The van der Waals surface area contributed by atoms with Crippen LogP contribution in [0.4, 0.5) is 0 Å². The van der Waals surface area contributed by atoms with Gasteiger partial charge in [-0.3, -0.25) is 4.79 Å². The standard InChI is InChI=1S/C22H18N.C5H8O2.Ir/c1-15(2)17-7-5-8-18(14-17)22-21-11-10-16-6-3-4-9-19(16)20(21)12-13-23-22;1-4(6)3-5(2)7;/h3-7,9-15H,1-2H3;3,6H,1-2H3;/q-1;;/p+1/b;4-3-;. The average molecular weight is 590 g/mol. The number of hydrogen-bond acceptors (Lipinski definition) is 2. The maximum absolute atomic E-state index is 8.40. The number of rotatable bonds is 3. The molecule has 0 bridgehead atoms. The number of aromatic nitrogens is 1. The minimum absolute atomic E-state index is 0. The SMILES string of the molecule is CC(=[OH+])/C=C(/C)O.CC(C)c1cc[c-]c(-c2nccc3c2ccc2ccccc23)c1.[Ir]. The topological polar surface area (TPSA) is 54.5 Å². The Morgan fingerprint density at radius 1 is 1.00 bits per heavy atom. The van der Waals surface area contributed by atoms with E-state index in [-0.39, 0.29) is 31.6 Å². The van der Waals surface area contributed by atoms with Crippen molar-refractivity contribution in [3.8, 4) is 11.3 Å². The predicted molar refractivity (Wildman–Crippen MR) is 127 cm³/mol. The van der Waals surface area contributed by atoms with E-state index in [0.717, 1.165) is 11.3 Å². The number of hydrogen-bond donors (Lipinski definition) is 1. The van der Waals surface area contributed by atoms with Crippen LogP contribution in [0.1, 0.15) is 39.2 Å². The molecule has 3 nitrogen and oxygen atoms in total. The van der Waals surface area contributed by atoms with Crippen LogP contribution in [0.5, 0.6) is 0 Å². The molecule has 1 heterocycles. The van der Waals surface area contributed by atoms with Gasteiger partial charge in [0.1, 0.15) is 0 Å². The number of pyridine rings is 1. The Hall–Kier alpha value is -2.81. The van der Waals surface area contributed by atoms with Gasteiger partial charge in [0.2, 0.25) is 0 Å². The molecule has 3 aromatic carbocycles. The monoisotopic (exact) mass is 590 g/mol. The molecule has 0 aliphatic carbocycles. The quantitative estimate of drug-likeness (QED) is 0.0921. The third kappa shape index (κ3) is 6.10. The van der Waals surface area contributed by atoms with Crippen LogP contribution in [-0.4, -0.2) is 20.7 Å². The van der Waals surface area contributed by atoms with Crippen LogP contribution < -0.4 is 0 Å². The van der Waals surface area contributed by atoms with Gasteiger partial charge < -0.3 is 10.1 Å². The molecule has 2 N–H and O–H groups in total. The first kappa shape index (κ1) is 24.5. The van der Waals surface area contributed by atoms with E-state index in [1.54, 1.807) is 0 Å². The van der Waals surface area contributed by atoms with Crippen molar-refractivity contribution in [3.63, 3.8) is 0 Å². The zero-order valence-corrected chi connectivity index (χ0v) is 20.6. The van der Waals surface area contributed by atoms with E-state index >= 15 is 0 Å². The Balaban J connectivity index is 0.000000373. The number of allylic oxidation sites excluding steroid dienone is 2. The van der Waals surface area contributed by atoms with E-state index in [1.165, 1.54) is 47.0 Å². The Morgan fingerprint density at radius 2 is 1.74 bits per heavy atom. The molecule has 1 aromatic heterocycles. The van der Waals surface area contributed by atoms with Crippen molar-refractivity contribution in [2.24, 2.45) is 0 Å². The van der Waals surface area contributed by atoms with Crippen molar-refractivity contribution in [1.82, 2.24) is 4.98 Å². The zero-order chi connectivity index (χ0) is 21.7. The minimum Gasteiger partial charge on any atom is -0.512 e. The van der Waals surface area contributed by atoms with Gasteiger partial charge in [0.05, 0.1) is 18.8 Å². The molecule has 4 heteroatoms. The molecule has 0 unspecified atom stereocenters. The molecule has 31 heavy (non-hydrogen) atoms. The van der Waals surface area contributed by atoms with Crippen LogP contribution in [0.25, 0.3) is 32.8 Å². The maximum Gasteiger partial charge on any atom is 0.316 e. The van der Waals surface area contributed by atoms with Gasteiger partial charge in [-0.25, -0.2) is 0 Å². The third-order valence-electron chi connectivity index (χ3n) is 4.84. The van der Waals surface area contributed by atoms with Gasteiger partial charge in [0.25, 0.3) is 0 Å². The summed E-state index contributed by atoms with van der Waals surface area (Å²) >= 11 is 0. The number of fused-ring (bicyclic) bond motifs is 3. The van der Waals surface area contributed by atoms with Crippen molar-refractivity contribution in [3.05, 3.63) is 90.3 Å². The van der Waals surface area contributed by atoms with Gasteiger partial charge in [0, 0.05) is 26.3 Å². The molecule has 0 saturated carbocycles. The molecule has 0 fully saturated rings. The summed E-state index contributed by atoms with van der Waals surface area (Å²) in [6.07, 6.45) is 3.18. The van der Waals surface area contributed by atoms with E-state index < -0.39 is 0 Å². The number of aliphatic hydroxyl groups is 1. The van der Waals surface area contributed by atoms with Gasteiger partial charge in [-0.1, -0.05) is 50.2 Å². The van der Waals surface area contributed by atoms with Crippen LogP contribution in [0, 0.1) is 6.07 Å². The van der Waals surface area contributed by atoms with E-state index in [2.05, 4.69) is 79.5 Å². The van der Waals surface area contributed by atoms with Gasteiger partial charge in [-0.2, -0.15) is 0 Å². The summed E-state index contributed by atoms with van der Waals surface area (Å²) in [4.78, 5) is 13.1. The summed E-state index contributed by atoms with van der Waals surface area (Å²) < 4.78 is 0. The number of aliphatic hydroxyl groups excluding tert-OH is 1. The first-order valence-electron chi connectivity index (χ1n) is 10.0. The van der Waals surface area contributed by atoms with E-state index in [0.29, 0.717) is 5.92 Å². The van der Waals surface area contributed by atoms with Crippen molar-refractivity contribution in [2.45, 2.75) is 33.6 Å². The van der Waals surface area contributed by atoms with Crippen molar-refractivity contribution >= 4 is 27.3 Å². The number of carbonyl (C=O) groups excluding carboxylic acids is 1. The number of benzene rings is 3. The molecule has 0 aliphatic rings. The second-order valence-corrected chi connectivity index (χ2v) is 7.66. The van der Waals surface area contributed by atoms with Crippen LogP contribution in [-0.2, 0) is 20.1 Å². The molecule has 0 spiro atoms. The van der Waals surface area contributed by atoms with E-state index in [1.807, 2.05) is 12.3 Å². The first-order chi connectivity index (χ1) is 14.4. The maximum atomic E-state index is 8.40. The Morgan fingerprint density at radius 3 is 2.39 bits per heavy atom. The van der Waals surface area contributed by atoms with Crippen LogP contribution in [0.2, 0.25) is 0 Å². The Kier molecular flexibility index (Phi) is 8.67. The summed E-state index contributed by atoms with van der Waals surface area (Å²) in [6, 6.07) is 24.7. The van der Waals surface area contributed by atoms with Crippen LogP contribution >= 0.6 is 0 Å². The molecule has 4 aromatic rings. The summed E-state index contributed by atoms with van der Waals surface area (Å²) in [5.74, 6) is 0.749. The molecule has 0 amide bonds. The smallest absolute Gasteiger partial charge is 0.316 e. The molecule has 0 aliphatic heterocycles. The van der Waals surface area contributed by atoms with Crippen molar-refractivity contribution < 1.29 is 30.0 Å². The first-order valence-corrected chi connectivity index (χ1v) is 10.0. The van der Waals surface area contributed by atoms with Crippen molar-refractivity contribution in [1.29, 1.82) is 0 Å². The van der Waals surface area contributed by atoms with Crippen LogP contribution in [0.3, 0.4) is 0 Å². The molecule has 0 atom stereocenters. The van der Waals surface area contributed by atoms with Gasteiger partial charge in [-0.05, 0) is 46.1 Å². The van der Waals surface area contributed by atoms with Crippen LogP contribution in [0.15, 0.2) is 78.7 Å². The fourth-order valence-corrected chi connectivity index (χ4v) is 3.43. The zero-order valence-electron chi connectivity index (χ0n) is 18.2. The molecule has 0 saturated heterocycles. The summed E-state index contributed by atoms with van der Waals surface area (Å²) in [7, 11) is 0. The Bertz CT molecular complexity index is 1220. The Labute approximate surface area is 197 Å². The molecular formula is C27H27IrNO2. The van der Waals surface area contributed by atoms with E-state index in [9.17, 15) is 0 Å². The van der Waals surface area contributed by atoms with Gasteiger partial charge >= 0.3 is 5.78 Å². The minimum atomic E-state index is 0. The summed E-state index contributed by atoms with van der Waals surface area (Å²) in [5, 5.41) is 13.4. The predicted octanol–water partition coefficient (Wildman–Crippen LogP) is 6.99. The molecule has 4 rings (SSSR count). The molecule has 161 valence electrons. The molecular weight excluding hydrogens is 563 g/mol. The fourth-order valence-electron chi connectivity index (χ4n) is 3.43. The number of ketones is 1. The second-order valence-electron chi connectivity index (χ2n) is 7.66. The summed E-state index contributed by atoms with van der Waals surface area (Å²) in [5.41, 5.74) is 3.39. The summed E-state index contributed by atoms with van der Waals surface area (Å²) in [6.45, 7) is 7.42. The van der Waals surface area contributed by atoms with Gasteiger partial charge in [-0.15, -0.1) is 35.4 Å². The van der Waals surface area contributed by atoms with E-state index in [4.69, 9.17) is 9.90 Å². The average Bonchev–Trinajstić information content (AvgIpc) is 2.72. The van der Waals surface area contributed by atoms with Crippen molar-refractivity contribution in [2.75, 3.05) is 0 Å². The second kappa shape index (κ2) is 11.0.